The summed E-state index contributed by atoms with van der Waals surface area (Å²) in [5.41, 5.74) is -0.601. The number of piperazine rings is 1. The number of hydrogen-bond acceptors (Lipinski definition) is 3. The number of nitrogens with zero attached hydrogens (tertiary/aromatic N) is 1. The van der Waals surface area contributed by atoms with Crippen LogP contribution in [0.4, 0.5) is 13.2 Å². The summed E-state index contributed by atoms with van der Waals surface area (Å²) in [5.74, 6) is -1.38. The zero-order valence-electron chi connectivity index (χ0n) is 13.6. The van der Waals surface area contributed by atoms with E-state index in [0.29, 0.717) is 0 Å². The van der Waals surface area contributed by atoms with Gasteiger partial charge in [-0.05, 0) is 30.5 Å². The summed E-state index contributed by atoms with van der Waals surface area (Å²) >= 11 is 0. The molecule has 0 spiro atoms. The summed E-state index contributed by atoms with van der Waals surface area (Å²) in [6.45, 7) is 0. The third-order valence-electron chi connectivity index (χ3n) is 5.17. The lowest BCUT2D eigenvalue weighted by molar-refractivity contribution is -0.199. The van der Waals surface area contributed by atoms with Gasteiger partial charge in [-0.15, -0.1) is 0 Å². The number of benzene rings is 1. The van der Waals surface area contributed by atoms with Gasteiger partial charge in [-0.3, -0.25) is 14.6 Å². The van der Waals surface area contributed by atoms with Gasteiger partial charge in [-0.1, -0.05) is 18.2 Å². The van der Waals surface area contributed by atoms with Gasteiger partial charge in [0.1, 0.15) is 12.1 Å². The van der Waals surface area contributed by atoms with Crippen LogP contribution in [0, 0.1) is 5.41 Å². The quantitative estimate of drug-likeness (QED) is 0.877. The smallest absolute Gasteiger partial charge is 0.342 e. The van der Waals surface area contributed by atoms with Crippen LogP contribution in [-0.2, 0) is 16.0 Å². The molecule has 1 aliphatic heterocycles. The number of aromatic nitrogens is 1. The average Bonchev–Trinajstić information content (AvgIpc) is 3.39. The van der Waals surface area contributed by atoms with E-state index in [1.165, 1.54) is 0 Å². The first-order valence-corrected chi connectivity index (χ1v) is 8.31. The highest BCUT2D eigenvalue weighted by Gasteiger charge is 2.70. The summed E-state index contributed by atoms with van der Waals surface area (Å²) in [6.07, 6.45) is -3.03. The monoisotopic (exact) mass is 363 g/mol. The van der Waals surface area contributed by atoms with Crippen LogP contribution in [0.2, 0.25) is 0 Å². The molecule has 136 valence electrons. The van der Waals surface area contributed by atoms with Gasteiger partial charge >= 0.3 is 6.18 Å². The number of carbonyl (C=O) groups excluding carboxylic acids is 2. The molecule has 1 saturated carbocycles. The molecule has 1 aliphatic carbocycles. The van der Waals surface area contributed by atoms with Crippen molar-refractivity contribution in [2.24, 2.45) is 5.41 Å². The standard InChI is InChI=1S/C18H16F3N3O2/c19-18(20,21)17(5-6-17)14-16(26)23-13(15(25)24-14)8-10-7-11-3-1-2-4-12(11)22-9-10/h1-4,7,9,13-14H,5-6,8H2,(H,23,26)(H,24,25). The average molecular weight is 363 g/mol. The van der Waals surface area contributed by atoms with Crippen molar-refractivity contribution in [2.75, 3.05) is 0 Å². The zero-order chi connectivity index (χ0) is 18.5. The largest absolute Gasteiger partial charge is 0.396 e. The van der Waals surface area contributed by atoms with Crippen LogP contribution in [0.3, 0.4) is 0 Å². The Labute approximate surface area is 147 Å². The van der Waals surface area contributed by atoms with Crippen LogP contribution >= 0.6 is 0 Å². The number of pyridine rings is 1. The Morgan fingerprint density at radius 3 is 2.54 bits per heavy atom. The van der Waals surface area contributed by atoms with Crippen LogP contribution in [0.15, 0.2) is 36.5 Å². The first-order chi connectivity index (χ1) is 12.3. The summed E-state index contributed by atoms with van der Waals surface area (Å²) in [6, 6.07) is 6.84. The number of rotatable bonds is 3. The second-order valence-electron chi connectivity index (χ2n) is 6.90. The first-order valence-electron chi connectivity index (χ1n) is 8.31. The fraction of sp³-hybridized carbons (Fsp3) is 0.389. The molecule has 2 unspecified atom stereocenters. The Kier molecular flexibility index (Phi) is 3.68. The Morgan fingerprint density at radius 2 is 1.85 bits per heavy atom. The SMILES string of the molecule is O=C1NC(C2(C(F)(F)F)CC2)C(=O)NC1Cc1cnc2ccccc2c1. The molecule has 26 heavy (non-hydrogen) atoms. The van der Waals surface area contributed by atoms with Gasteiger partial charge in [0.05, 0.1) is 10.9 Å². The molecule has 2 atom stereocenters. The van der Waals surface area contributed by atoms with Crippen LogP contribution < -0.4 is 10.6 Å². The van der Waals surface area contributed by atoms with Crippen LogP contribution in [0.1, 0.15) is 18.4 Å². The van der Waals surface area contributed by atoms with E-state index >= 15 is 0 Å². The number of fused-ring (bicyclic) bond motifs is 1. The van der Waals surface area contributed by atoms with Crippen LogP contribution in [0.5, 0.6) is 0 Å². The fourth-order valence-corrected chi connectivity index (χ4v) is 3.50. The van der Waals surface area contributed by atoms with Crippen LogP contribution in [-0.4, -0.2) is 35.1 Å². The Hall–Kier alpha value is -2.64. The molecule has 2 fully saturated rings. The van der Waals surface area contributed by atoms with Crippen molar-refractivity contribution in [2.45, 2.75) is 37.5 Å². The van der Waals surface area contributed by atoms with Crippen molar-refractivity contribution in [3.63, 3.8) is 0 Å². The van der Waals surface area contributed by atoms with Gasteiger partial charge < -0.3 is 10.6 Å². The minimum Gasteiger partial charge on any atom is -0.342 e. The number of carbonyl (C=O) groups is 2. The maximum atomic E-state index is 13.2. The predicted octanol–water partition coefficient (Wildman–Crippen LogP) is 2.10. The van der Waals surface area contributed by atoms with E-state index in [-0.39, 0.29) is 19.3 Å². The normalized spacial score (nSPS) is 24.9. The van der Waals surface area contributed by atoms with Crippen molar-refractivity contribution in [1.82, 2.24) is 15.6 Å². The molecule has 2 N–H and O–H groups in total. The molecule has 1 aromatic heterocycles. The molecule has 0 radical (unpaired) electrons. The molecule has 1 aromatic carbocycles. The van der Waals surface area contributed by atoms with Gasteiger partial charge in [-0.2, -0.15) is 13.2 Å². The summed E-state index contributed by atoms with van der Waals surface area (Å²) in [7, 11) is 0. The van der Waals surface area contributed by atoms with E-state index < -0.39 is 35.5 Å². The van der Waals surface area contributed by atoms with Gasteiger partial charge in [0.25, 0.3) is 0 Å². The third kappa shape index (κ3) is 2.69. The summed E-state index contributed by atoms with van der Waals surface area (Å²) < 4.78 is 39.7. The molecule has 1 saturated heterocycles. The zero-order valence-corrected chi connectivity index (χ0v) is 13.6. The van der Waals surface area contributed by atoms with Gasteiger partial charge in [0.2, 0.25) is 11.8 Å². The number of amides is 2. The molecule has 4 rings (SSSR count). The highest BCUT2D eigenvalue weighted by atomic mass is 19.4. The predicted molar refractivity (Wildman–Crippen MR) is 87.0 cm³/mol. The molecule has 8 heteroatoms. The lowest BCUT2D eigenvalue weighted by Crippen LogP contribution is -2.66. The second-order valence-corrected chi connectivity index (χ2v) is 6.90. The van der Waals surface area contributed by atoms with E-state index in [1.807, 2.05) is 30.3 Å². The molecular weight excluding hydrogens is 347 g/mol. The topological polar surface area (TPSA) is 71.1 Å². The number of alkyl halides is 3. The number of hydrogen-bond donors (Lipinski definition) is 2. The van der Waals surface area contributed by atoms with Gasteiger partial charge in [0, 0.05) is 18.0 Å². The van der Waals surface area contributed by atoms with E-state index in [0.717, 1.165) is 16.5 Å². The lowest BCUT2D eigenvalue weighted by atomic mass is 9.91. The van der Waals surface area contributed by atoms with Crippen LogP contribution in [0.25, 0.3) is 10.9 Å². The first kappa shape index (κ1) is 16.8. The summed E-state index contributed by atoms with van der Waals surface area (Å²) in [5, 5.41) is 5.63. The van der Waals surface area contributed by atoms with Gasteiger partial charge in [0.15, 0.2) is 0 Å². The fourth-order valence-electron chi connectivity index (χ4n) is 3.50. The molecule has 2 aromatic rings. The second kappa shape index (κ2) is 5.69. The molecular formula is C18H16F3N3O2. The molecule has 2 aliphatic rings. The third-order valence-corrected chi connectivity index (χ3v) is 5.17. The molecule has 5 nitrogen and oxygen atoms in total. The van der Waals surface area contributed by atoms with E-state index in [1.54, 1.807) is 6.20 Å². The van der Waals surface area contributed by atoms with Crippen molar-refractivity contribution in [3.8, 4) is 0 Å². The van der Waals surface area contributed by atoms with Crippen molar-refractivity contribution in [1.29, 1.82) is 0 Å². The maximum absolute atomic E-state index is 13.2. The molecule has 2 heterocycles. The van der Waals surface area contributed by atoms with E-state index in [4.69, 9.17) is 0 Å². The molecule has 0 bridgehead atoms. The Bertz CT molecular complexity index is 893. The maximum Gasteiger partial charge on any atom is 0.396 e. The van der Waals surface area contributed by atoms with Gasteiger partial charge in [-0.25, -0.2) is 0 Å². The minimum absolute atomic E-state index is 0.145. The van der Waals surface area contributed by atoms with E-state index in [9.17, 15) is 22.8 Å². The highest BCUT2D eigenvalue weighted by molar-refractivity contribution is 5.98. The van der Waals surface area contributed by atoms with Crippen molar-refractivity contribution < 1.29 is 22.8 Å². The molecule has 2 amide bonds. The highest BCUT2D eigenvalue weighted by Crippen LogP contribution is 2.60. The number of nitrogens with one attached hydrogen (secondary N) is 2. The van der Waals surface area contributed by atoms with E-state index in [2.05, 4.69) is 15.6 Å². The summed E-state index contributed by atoms with van der Waals surface area (Å²) in [4.78, 5) is 28.8. The number of para-hydroxylation sites is 1. The minimum atomic E-state index is -4.52. The Morgan fingerprint density at radius 1 is 1.12 bits per heavy atom. The lowest BCUT2D eigenvalue weighted by Gasteiger charge is -2.35. The van der Waals surface area contributed by atoms with Crippen molar-refractivity contribution in [3.05, 3.63) is 42.1 Å². The van der Waals surface area contributed by atoms with Crippen molar-refractivity contribution >= 4 is 22.7 Å². The number of halogens is 3. The Balaban J connectivity index is 1.51.